The smallest absolute Gasteiger partial charge is 0.263 e. The summed E-state index contributed by atoms with van der Waals surface area (Å²) in [7, 11) is 3.25. The zero-order valence-electron chi connectivity index (χ0n) is 12.3. The normalized spacial score (nSPS) is 15.3. The Morgan fingerprint density at radius 3 is 2.81 bits per heavy atom. The molecule has 0 aromatic carbocycles. The Bertz CT molecular complexity index is 572. The largest absolute Gasteiger partial charge is 0.396 e. The lowest BCUT2D eigenvalue weighted by atomic mass is 10.0. The third kappa shape index (κ3) is 3.28. The van der Waals surface area contributed by atoms with Crippen molar-refractivity contribution in [3.63, 3.8) is 0 Å². The summed E-state index contributed by atoms with van der Waals surface area (Å²) >= 11 is 1.23. The molecule has 6 nitrogen and oxygen atoms in total. The Morgan fingerprint density at radius 1 is 1.57 bits per heavy atom. The number of nitrogens with two attached hydrogens (primary N) is 1. The number of thiophene rings is 1. The zero-order chi connectivity index (χ0) is 15.5. The molecule has 1 aromatic heterocycles. The van der Waals surface area contributed by atoms with Crippen molar-refractivity contribution in [3.05, 3.63) is 10.4 Å². The second kappa shape index (κ2) is 6.33. The Hall–Kier alpha value is -1.78. The highest BCUT2D eigenvalue weighted by molar-refractivity contribution is 7.18. The second-order valence-electron chi connectivity index (χ2n) is 5.34. The van der Waals surface area contributed by atoms with E-state index in [1.807, 2.05) is 0 Å². The van der Waals surface area contributed by atoms with E-state index in [1.54, 1.807) is 14.2 Å². The summed E-state index contributed by atoms with van der Waals surface area (Å²) in [5, 5.41) is 15.8. The van der Waals surface area contributed by atoms with Crippen molar-refractivity contribution in [2.24, 2.45) is 5.41 Å². The molecule has 2 rings (SSSR count). The van der Waals surface area contributed by atoms with Crippen LogP contribution in [0.4, 0.5) is 10.7 Å². The van der Waals surface area contributed by atoms with Gasteiger partial charge in [-0.25, -0.2) is 0 Å². The molecule has 114 valence electrons. The minimum atomic E-state index is -0.262. The average molecular weight is 308 g/mol. The van der Waals surface area contributed by atoms with E-state index in [0.29, 0.717) is 15.4 Å². The highest BCUT2D eigenvalue weighted by atomic mass is 32.1. The Balaban J connectivity index is 2.10. The number of hydrogen-bond donors (Lipinski definition) is 3. The maximum atomic E-state index is 11.7. The van der Waals surface area contributed by atoms with Gasteiger partial charge in [-0.2, -0.15) is 5.26 Å². The molecule has 1 aliphatic rings. The Labute approximate surface area is 128 Å². The number of hydrogen-bond acceptors (Lipinski definition) is 6. The fourth-order valence-corrected chi connectivity index (χ4v) is 3.25. The van der Waals surface area contributed by atoms with Gasteiger partial charge in [0.25, 0.3) is 5.91 Å². The van der Waals surface area contributed by atoms with Crippen LogP contribution in [-0.4, -0.2) is 33.2 Å². The highest BCUT2D eigenvalue weighted by Gasteiger charge is 2.42. The van der Waals surface area contributed by atoms with Crippen LogP contribution in [0.2, 0.25) is 0 Å². The van der Waals surface area contributed by atoms with Gasteiger partial charge in [0.1, 0.15) is 21.5 Å². The Morgan fingerprint density at radius 2 is 2.29 bits per heavy atom. The van der Waals surface area contributed by atoms with E-state index in [2.05, 4.69) is 16.7 Å². The zero-order valence-corrected chi connectivity index (χ0v) is 13.1. The topological polar surface area (TPSA) is 100 Å². The van der Waals surface area contributed by atoms with E-state index < -0.39 is 0 Å². The molecular formula is C14H20N4O2S. The maximum absolute atomic E-state index is 11.7. The molecule has 0 spiro atoms. The van der Waals surface area contributed by atoms with Crippen molar-refractivity contribution in [1.82, 2.24) is 5.32 Å². The number of nitrogens with zero attached hydrogens (tertiary/aromatic N) is 1. The summed E-state index contributed by atoms with van der Waals surface area (Å²) in [4.78, 5) is 12.1. The molecule has 0 unspecified atom stereocenters. The summed E-state index contributed by atoms with van der Waals surface area (Å²) in [5.74, 6) is -0.262. The molecule has 0 radical (unpaired) electrons. The number of methoxy groups -OCH3 is 1. The summed E-state index contributed by atoms with van der Waals surface area (Å²) < 4.78 is 5.13. The fourth-order valence-electron chi connectivity index (χ4n) is 2.24. The third-order valence-electron chi connectivity index (χ3n) is 3.91. The molecule has 1 aromatic rings. The molecule has 0 saturated heterocycles. The first-order valence-corrected chi connectivity index (χ1v) is 7.66. The van der Waals surface area contributed by atoms with Crippen LogP contribution >= 0.6 is 11.3 Å². The Kier molecular flexibility index (Phi) is 4.70. The minimum Gasteiger partial charge on any atom is -0.396 e. The van der Waals surface area contributed by atoms with Crippen molar-refractivity contribution < 1.29 is 9.53 Å². The molecule has 4 N–H and O–H groups in total. The van der Waals surface area contributed by atoms with Gasteiger partial charge in [-0.3, -0.25) is 4.79 Å². The lowest BCUT2D eigenvalue weighted by molar-refractivity contribution is 0.0968. The van der Waals surface area contributed by atoms with Gasteiger partial charge in [-0.1, -0.05) is 0 Å². The van der Waals surface area contributed by atoms with Gasteiger partial charge >= 0.3 is 0 Å². The number of anilines is 2. The summed E-state index contributed by atoms with van der Waals surface area (Å²) in [6.07, 6.45) is 3.32. The van der Waals surface area contributed by atoms with Crippen molar-refractivity contribution in [2.45, 2.75) is 19.3 Å². The minimum absolute atomic E-state index is 0.256. The van der Waals surface area contributed by atoms with Gasteiger partial charge in [0.15, 0.2) is 0 Å². The van der Waals surface area contributed by atoms with Crippen LogP contribution in [-0.2, 0) is 4.74 Å². The van der Waals surface area contributed by atoms with Gasteiger partial charge in [0.05, 0.1) is 5.69 Å². The lowest BCUT2D eigenvalue weighted by Gasteiger charge is -2.15. The van der Waals surface area contributed by atoms with Crippen LogP contribution in [0.15, 0.2) is 0 Å². The van der Waals surface area contributed by atoms with Gasteiger partial charge in [0, 0.05) is 27.3 Å². The molecule has 0 atom stereocenters. The molecule has 0 aliphatic heterocycles. The van der Waals surface area contributed by atoms with Crippen LogP contribution in [0.3, 0.4) is 0 Å². The van der Waals surface area contributed by atoms with Crippen molar-refractivity contribution >= 4 is 27.9 Å². The van der Waals surface area contributed by atoms with E-state index >= 15 is 0 Å². The quantitative estimate of drug-likeness (QED) is 0.713. The molecule has 1 aliphatic carbocycles. The van der Waals surface area contributed by atoms with Crippen LogP contribution in [0.1, 0.15) is 34.5 Å². The first kappa shape index (κ1) is 15.6. The first-order chi connectivity index (χ1) is 10.1. The molecular weight excluding hydrogens is 288 g/mol. The molecule has 1 heterocycles. The average Bonchev–Trinajstić information content (AvgIpc) is 3.20. The SMILES string of the molecule is CNC(=O)c1sc(NCC2(CCOC)CC2)c(C#N)c1N. The van der Waals surface area contributed by atoms with E-state index in [9.17, 15) is 10.1 Å². The standard InChI is InChI=1S/C14H20N4O2S/c1-17-12(19)11-10(16)9(7-15)13(21-11)18-8-14(3-4-14)5-6-20-2/h18H,3-6,8,16H2,1-2H3,(H,17,19). The van der Waals surface area contributed by atoms with E-state index in [4.69, 9.17) is 10.5 Å². The van der Waals surface area contributed by atoms with Gasteiger partial charge in [0.2, 0.25) is 0 Å². The molecule has 1 saturated carbocycles. The maximum Gasteiger partial charge on any atom is 0.263 e. The van der Waals surface area contributed by atoms with E-state index in [1.165, 1.54) is 11.3 Å². The van der Waals surface area contributed by atoms with Gasteiger partial charge in [-0.15, -0.1) is 11.3 Å². The number of carbonyl (C=O) groups excluding carboxylic acids is 1. The third-order valence-corrected chi connectivity index (χ3v) is 5.07. The van der Waals surface area contributed by atoms with Crippen LogP contribution in [0.5, 0.6) is 0 Å². The number of carbonyl (C=O) groups is 1. The predicted molar refractivity (Wildman–Crippen MR) is 83.5 cm³/mol. The van der Waals surface area contributed by atoms with Crippen LogP contribution < -0.4 is 16.4 Å². The van der Waals surface area contributed by atoms with Crippen LogP contribution in [0, 0.1) is 16.7 Å². The van der Waals surface area contributed by atoms with Gasteiger partial charge in [-0.05, 0) is 24.7 Å². The predicted octanol–water partition coefficient (Wildman–Crippen LogP) is 1.79. The van der Waals surface area contributed by atoms with Crippen molar-refractivity contribution in [2.75, 3.05) is 38.4 Å². The van der Waals surface area contributed by atoms with Crippen molar-refractivity contribution in [3.8, 4) is 6.07 Å². The number of ether oxygens (including phenoxy) is 1. The summed E-state index contributed by atoms with van der Waals surface area (Å²) in [6.45, 7) is 1.51. The highest BCUT2D eigenvalue weighted by Crippen LogP contribution is 2.49. The number of rotatable bonds is 7. The van der Waals surface area contributed by atoms with E-state index in [0.717, 1.165) is 32.4 Å². The molecule has 0 bridgehead atoms. The first-order valence-electron chi connectivity index (χ1n) is 6.84. The molecule has 21 heavy (non-hydrogen) atoms. The monoisotopic (exact) mass is 308 g/mol. The van der Waals surface area contributed by atoms with E-state index in [-0.39, 0.29) is 17.0 Å². The molecule has 7 heteroatoms. The van der Waals surface area contributed by atoms with Gasteiger partial charge < -0.3 is 21.1 Å². The number of nitriles is 1. The molecule has 1 amide bonds. The van der Waals surface area contributed by atoms with Crippen LogP contribution in [0.25, 0.3) is 0 Å². The number of nitrogens with one attached hydrogen (secondary N) is 2. The second-order valence-corrected chi connectivity index (χ2v) is 6.36. The number of amides is 1. The summed E-state index contributed by atoms with van der Waals surface area (Å²) in [6, 6.07) is 2.08. The fraction of sp³-hybridized carbons (Fsp3) is 0.571. The summed E-state index contributed by atoms with van der Waals surface area (Å²) in [5.41, 5.74) is 6.77. The lowest BCUT2D eigenvalue weighted by Crippen LogP contribution is -2.17. The van der Waals surface area contributed by atoms with Crippen molar-refractivity contribution in [1.29, 1.82) is 5.26 Å². The molecule has 1 fully saturated rings. The number of nitrogen functional groups attached to an aromatic ring is 1.